The highest BCUT2D eigenvalue weighted by Gasteiger charge is 1.99. The molecule has 3 nitrogen and oxygen atoms in total. The van der Waals surface area contributed by atoms with Gasteiger partial charge in [0, 0.05) is 0 Å². The van der Waals surface area contributed by atoms with E-state index in [4.69, 9.17) is 5.21 Å². The van der Waals surface area contributed by atoms with Gasteiger partial charge >= 0.3 is 0 Å². The van der Waals surface area contributed by atoms with Crippen molar-refractivity contribution in [2.45, 2.75) is 20.3 Å². The van der Waals surface area contributed by atoms with Gasteiger partial charge in [-0.2, -0.15) is 0 Å². The van der Waals surface area contributed by atoms with Crippen LogP contribution in [0.3, 0.4) is 0 Å². The zero-order valence-corrected chi connectivity index (χ0v) is 7.04. The summed E-state index contributed by atoms with van der Waals surface area (Å²) in [5.41, 5.74) is 1.40. The summed E-state index contributed by atoms with van der Waals surface area (Å²) in [5, 5.41) is 11.6. The third-order valence-electron chi connectivity index (χ3n) is 1.33. The predicted octanol–water partition coefficient (Wildman–Crippen LogP) is 1.87. The summed E-state index contributed by atoms with van der Waals surface area (Å²) in [6.07, 6.45) is 2.40. The van der Waals surface area contributed by atoms with Crippen molar-refractivity contribution in [3.05, 3.63) is 12.7 Å². The highest BCUT2D eigenvalue weighted by Crippen LogP contribution is 1.90. The van der Waals surface area contributed by atoms with Gasteiger partial charge in [0.25, 0.3) is 0 Å². The number of rotatable bonds is 4. The van der Waals surface area contributed by atoms with Crippen molar-refractivity contribution in [3.8, 4) is 0 Å². The Balaban J connectivity index is 4.19. The maximum atomic E-state index is 8.48. The minimum Gasteiger partial charge on any atom is -0.411 e. The molecule has 0 bridgehead atoms. The van der Waals surface area contributed by atoms with Gasteiger partial charge in [0.15, 0.2) is 0 Å². The monoisotopic (exact) mass is 154 g/mol. The minimum atomic E-state index is 0.574. The zero-order chi connectivity index (χ0) is 8.69. The SMILES string of the molecule is C=CCN=C(C)/C(CC)=N/O. The predicted molar refractivity (Wildman–Crippen MR) is 47.7 cm³/mol. The van der Waals surface area contributed by atoms with Crippen LogP contribution in [0.5, 0.6) is 0 Å². The average molecular weight is 154 g/mol. The topological polar surface area (TPSA) is 45.0 Å². The van der Waals surface area contributed by atoms with Gasteiger partial charge in [0.1, 0.15) is 0 Å². The fraction of sp³-hybridized carbons (Fsp3) is 0.500. The molecule has 62 valence electrons. The highest BCUT2D eigenvalue weighted by molar-refractivity contribution is 6.41. The van der Waals surface area contributed by atoms with Crippen LogP contribution in [0.1, 0.15) is 20.3 Å². The second kappa shape index (κ2) is 5.65. The summed E-state index contributed by atoms with van der Waals surface area (Å²) in [6.45, 7) is 7.85. The highest BCUT2D eigenvalue weighted by atomic mass is 16.4. The van der Waals surface area contributed by atoms with Crippen LogP contribution in [0.25, 0.3) is 0 Å². The van der Waals surface area contributed by atoms with Crippen LogP contribution in [0.15, 0.2) is 22.8 Å². The maximum absolute atomic E-state index is 8.48. The summed E-state index contributed by atoms with van der Waals surface area (Å²) < 4.78 is 0. The average Bonchev–Trinajstić information content (AvgIpc) is 2.03. The smallest absolute Gasteiger partial charge is 0.0999 e. The lowest BCUT2D eigenvalue weighted by molar-refractivity contribution is 0.319. The van der Waals surface area contributed by atoms with Crippen LogP contribution < -0.4 is 0 Å². The molecule has 0 saturated heterocycles. The van der Waals surface area contributed by atoms with Crippen molar-refractivity contribution >= 4 is 11.4 Å². The molecule has 0 aliphatic carbocycles. The molecule has 0 spiro atoms. The maximum Gasteiger partial charge on any atom is 0.0999 e. The number of hydrogen-bond donors (Lipinski definition) is 1. The number of hydrogen-bond acceptors (Lipinski definition) is 3. The van der Waals surface area contributed by atoms with Crippen molar-refractivity contribution in [2.75, 3.05) is 6.54 Å². The number of aliphatic imine (C=N–C) groups is 1. The van der Waals surface area contributed by atoms with Gasteiger partial charge in [0.05, 0.1) is 18.0 Å². The van der Waals surface area contributed by atoms with E-state index in [1.807, 2.05) is 13.8 Å². The van der Waals surface area contributed by atoms with E-state index in [2.05, 4.69) is 16.7 Å². The summed E-state index contributed by atoms with van der Waals surface area (Å²) in [6, 6.07) is 0. The minimum absolute atomic E-state index is 0.574. The summed E-state index contributed by atoms with van der Waals surface area (Å²) in [4.78, 5) is 4.09. The Labute approximate surface area is 67.1 Å². The van der Waals surface area contributed by atoms with Crippen LogP contribution in [-0.2, 0) is 0 Å². The number of nitrogens with zero attached hydrogens (tertiary/aromatic N) is 2. The Bertz CT molecular complexity index is 183. The normalized spacial score (nSPS) is 13.3. The Morgan fingerprint density at radius 2 is 2.27 bits per heavy atom. The Morgan fingerprint density at radius 3 is 2.64 bits per heavy atom. The lowest BCUT2D eigenvalue weighted by Crippen LogP contribution is -2.09. The quantitative estimate of drug-likeness (QED) is 0.286. The van der Waals surface area contributed by atoms with Crippen molar-refractivity contribution in [3.63, 3.8) is 0 Å². The number of oxime groups is 1. The standard InChI is InChI=1S/C8H14N2O/c1-4-6-9-7(3)8(5-2)10-11/h4,11H,1,5-6H2,2-3H3/b9-7?,10-8+. The van der Waals surface area contributed by atoms with Crippen LogP contribution in [-0.4, -0.2) is 23.2 Å². The van der Waals surface area contributed by atoms with Crippen molar-refractivity contribution in [1.82, 2.24) is 0 Å². The Hall–Kier alpha value is -1.12. The van der Waals surface area contributed by atoms with Crippen molar-refractivity contribution < 1.29 is 5.21 Å². The molecule has 0 amide bonds. The summed E-state index contributed by atoms with van der Waals surface area (Å²) in [7, 11) is 0. The van der Waals surface area contributed by atoms with Gasteiger partial charge in [-0.25, -0.2) is 0 Å². The summed E-state index contributed by atoms with van der Waals surface area (Å²) >= 11 is 0. The van der Waals surface area contributed by atoms with E-state index in [1.54, 1.807) is 6.08 Å². The summed E-state index contributed by atoms with van der Waals surface area (Å²) in [5.74, 6) is 0. The molecule has 0 aromatic carbocycles. The molecule has 0 aromatic rings. The first kappa shape index (κ1) is 9.88. The first-order valence-electron chi connectivity index (χ1n) is 3.59. The molecule has 1 N–H and O–H groups in total. The van der Waals surface area contributed by atoms with Gasteiger partial charge in [-0.1, -0.05) is 18.2 Å². The largest absolute Gasteiger partial charge is 0.411 e. The molecule has 0 aromatic heterocycles. The Morgan fingerprint density at radius 1 is 1.64 bits per heavy atom. The molecule has 0 atom stereocenters. The van der Waals surface area contributed by atoms with E-state index in [9.17, 15) is 0 Å². The lowest BCUT2D eigenvalue weighted by Gasteiger charge is -1.98. The van der Waals surface area contributed by atoms with Crippen LogP contribution in [0.4, 0.5) is 0 Å². The molecule has 0 radical (unpaired) electrons. The van der Waals surface area contributed by atoms with Crippen LogP contribution >= 0.6 is 0 Å². The van der Waals surface area contributed by atoms with Crippen molar-refractivity contribution in [2.24, 2.45) is 10.1 Å². The van der Waals surface area contributed by atoms with E-state index in [0.717, 1.165) is 5.71 Å². The van der Waals surface area contributed by atoms with Crippen molar-refractivity contribution in [1.29, 1.82) is 0 Å². The first-order chi connectivity index (χ1) is 5.26. The van der Waals surface area contributed by atoms with Gasteiger partial charge < -0.3 is 5.21 Å². The molecular weight excluding hydrogens is 140 g/mol. The second-order valence-electron chi connectivity index (χ2n) is 2.12. The third kappa shape index (κ3) is 3.55. The van der Waals surface area contributed by atoms with E-state index >= 15 is 0 Å². The second-order valence-corrected chi connectivity index (χ2v) is 2.12. The van der Waals surface area contributed by atoms with E-state index in [-0.39, 0.29) is 0 Å². The van der Waals surface area contributed by atoms with Gasteiger partial charge in [-0.05, 0) is 13.3 Å². The Kier molecular flexibility index (Phi) is 5.07. The van der Waals surface area contributed by atoms with Gasteiger partial charge in [-0.15, -0.1) is 6.58 Å². The molecule has 0 aliphatic rings. The van der Waals surface area contributed by atoms with Crippen LogP contribution in [0, 0.1) is 0 Å². The molecule has 11 heavy (non-hydrogen) atoms. The fourth-order valence-electron chi connectivity index (χ4n) is 0.692. The van der Waals surface area contributed by atoms with E-state index < -0.39 is 0 Å². The third-order valence-corrected chi connectivity index (χ3v) is 1.33. The molecule has 0 aliphatic heterocycles. The first-order valence-corrected chi connectivity index (χ1v) is 3.59. The molecule has 0 saturated carbocycles. The molecule has 0 fully saturated rings. The molecule has 0 rings (SSSR count). The zero-order valence-electron chi connectivity index (χ0n) is 7.04. The van der Waals surface area contributed by atoms with E-state index in [0.29, 0.717) is 18.7 Å². The molecule has 0 unspecified atom stereocenters. The van der Waals surface area contributed by atoms with Gasteiger partial charge in [0.2, 0.25) is 0 Å². The molecule has 0 heterocycles. The molecule has 3 heteroatoms. The molecular formula is C8H14N2O. The lowest BCUT2D eigenvalue weighted by atomic mass is 10.2. The van der Waals surface area contributed by atoms with E-state index in [1.165, 1.54) is 0 Å². The fourth-order valence-corrected chi connectivity index (χ4v) is 0.692. The van der Waals surface area contributed by atoms with Gasteiger partial charge in [-0.3, -0.25) is 4.99 Å². The van der Waals surface area contributed by atoms with Crippen LogP contribution in [0.2, 0.25) is 0 Å².